The molecule has 0 saturated carbocycles. The molecule has 42 heavy (non-hydrogen) atoms. The first-order valence-corrected chi connectivity index (χ1v) is 14.7. The fourth-order valence-corrected chi connectivity index (χ4v) is 6.02. The maximum atomic E-state index is 12.9. The molecule has 0 radical (unpaired) electrons. The number of thiazole rings is 1. The lowest BCUT2D eigenvalue weighted by atomic mass is 9.90. The first-order chi connectivity index (χ1) is 20.4. The van der Waals surface area contributed by atoms with E-state index in [4.69, 9.17) is 5.26 Å². The van der Waals surface area contributed by atoms with Gasteiger partial charge in [-0.1, -0.05) is 36.4 Å². The molecule has 10 nitrogen and oxygen atoms in total. The van der Waals surface area contributed by atoms with Gasteiger partial charge in [0, 0.05) is 24.1 Å². The van der Waals surface area contributed by atoms with Gasteiger partial charge in [-0.2, -0.15) is 10.5 Å². The largest absolute Gasteiger partial charge is 0.360 e. The molecule has 1 fully saturated rings. The average Bonchev–Trinajstić information content (AvgIpc) is 3.31. The summed E-state index contributed by atoms with van der Waals surface area (Å²) >= 11 is 1.01. The van der Waals surface area contributed by atoms with Gasteiger partial charge in [0.2, 0.25) is 5.91 Å². The topological polar surface area (TPSA) is 143 Å². The molecule has 0 aliphatic carbocycles. The summed E-state index contributed by atoms with van der Waals surface area (Å²) in [5.74, 6) is -0.153. The number of carbonyl (C=O) groups is 2. The van der Waals surface area contributed by atoms with Crippen LogP contribution < -0.4 is 30.7 Å². The second-order valence-electron chi connectivity index (χ2n) is 9.98. The molecule has 2 aromatic carbocycles. The molecule has 3 aromatic rings. The zero-order chi connectivity index (χ0) is 29.9. The summed E-state index contributed by atoms with van der Waals surface area (Å²) in [4.78, 5) is 40.2. The number of likely N-dealkylation sites (tertiary alicyclic amines) is 1. The zero-order valence-electron chi connectivity index (χ0n) is 23.4. The van der Waals surface area contributed by atoms with E-state index in [9.17, 15) is 19.6 Å². The highest BCUT2D eigenvalue weighted by Gasteiger charge is 2.21. The standard InChI is InChI=1S/C31H33N7O3S/c1-2-38-30(41)27(42-31(38)26(19-33)29(40)34-14-13-32)20-35-24-9-6-10-25(18-24)36-28(39)21-37-15-11-23(12-16-37)17-22-7-4-3-5-8-22/h3-10,18,20,23,35H,2,11-12,14-17,21H2,1H3,(H,34,40)(H,36,39)/b27-20+,31-26-. The molecule has 1 saturated heterocycles. The Kier molecular flexibility index (Phi) is 10.6. The van der Waals surface area contributed by atoms with Gasteiger partial charge < -0.3 is 16.0 Å². The SMILES string of the molecule is CCn1c(=O)/c(=C\Nc2cccc(NC(=O)CN3CCC(Cc4ccccc4)CC3)c2)s/c1=C(/C#N)C(=O)NCC#N. The number of hydrogen-bond acceptors (Lipinski definition) is 8. The lowest BCUT2D eigenvalue weighted by Gasteiger charge is -2.31. The second kappa shape index (κ2) is 14.8. The van der Waals surface area contributed by atoms with E-state index in [1.807, 2.05) is 12.1 Å². The van der Waals surface area contributed by atoms with E-state index in [-0.39, 0.29) is 34.8 Å². The maximum Gasteiger partial charge on any atom is 0.270 e. The quantitative estimate of drug-likeness (QED) is 0.310. The van der Waals surface area contributed by atoms with Crippen LogP contribution in [-0.4, -0.2) is 47.5 Å². The molecule has 0 unspecified atom stereocenters. The molecule has 2 amide bonds. The van der Waals surface area contributed by atoms with Crippen LogP contribution in [0.15, 0.2) is 59.4 Å². The molecule has 216 valence electrons. The van der Waals surface area contributed by atoms with Crippen LogP contribution in [0.2, 0.25) is 0 Å². The van der Waals surface area contributed by atoms with Crippen LogP contribution in [0.5, 0.6) is 0 Å². The number of nitrogens with zero attached hydrogens (tertiary/aromatic N) is 4. The van der Waals surface area contributed by atoms with Gasteiger partial charge in [0.25, 0.3) is 11.5 Å². The number of nitriles is 2. The third-order valence-electron chi connectivity index (χ3n) is 7.06. The summed E-state index contributed by atoms with van der Waals surface area (Å²) in [5, 5.41) is 26.6. The van der Waals surface area contributed by atoms with Crippen molar-refractivity contribution in [3.8, 4) is 12.1 Å². The summed E-state index contributed by atoms with van der Waals surface area (Å²) in [5.41, 5.74) is 2.08. The third-order valence-corrected chi connectivity index (χ3v) is 8.19. The van der Waals surface area contributed by atoms with Gasteiger partial charge in [-0.3, -0.25) is 23.9 Å². The van der Waals surface area contributed by atoms with E-state index in [2.05, 4.69) is 45.1 Å². The second-order valence-corrected chi connectivity index (χ2v) is 11.0. The molecule has 1 aliphatic heterocycles. The number of piperidine rings is 1. The fraction of sp³-hybridized carbons (Fsp3) is 0.323. The van der Waals surface area contributed by atoms with E-state index in [0.29, 0.717) is 28.4 Å². The van der Waals surface area contributed by atoms with Crippen LogP contribution in [0, 0.1) is 28.6 Å². The Morgan fingerprint density at radius 3 is 2.50 bits per heavy atom. The predicted octanol–water partition coefficient (Wildman–Crippen LogP) is 1.99. The van der Waals surface area contributed by atoms with Crippen molar-refractivity contribution in [2.45, 2.75) is 32.7 Å². The van der Waals surface area contributed by atoms with Gasteiger partial charge in [-0.25, -0.2) is 0 Å². The number of rotatable bonds is 10. The van der Waals surface area contributed by atoms with Crippen LogP contribution in [0.4, 0.5) is 11.4 Å². The molecular weight excluding hydrogens is 550 g/mol. The summed E-state index contributed by atoms with van der Waals surface area (Å²) in [7, 11) is 0. The van der Waals surface area contributed by atoms with Crippen LogP contribution in [0.1, 0.15) is 25.3 Å². The van der Waals surface area contributed by atoms with Crippen molar-refractivity contribution in [3.63, 3.8) is 0 Å². The van der Waals surface area contributed by atoms with Crippen LogP contribution in [-0.2, 0) is 22.6 Å². The van der Waals surface area contributed by atoms with Crippen LogP contribution in [0.3, 0.4) is 0 Å². The monoisotopic (exact) mass is 583 g/mol. The molecule has 2 heterocycles. The van der Waals surface area contributed by atoms with Crippen molar-refractivity contribution >= 4 is 46.3 Å². The summed E-state index contributed by atoms with van der Waals surface area (Å²) in [6.07, 6.45) is 4.73. The van der Waals surface area contributed by atoms with Crippen LogP contribution in [0.25, 0.3) is 11.8 Å². The molecule has 3 N–H and O–H groups in total. The lowest BCUT2D eigenvalue weighted by molar-refractivity contribution is -0.117. The highest BCUT2D eigenvalue weighted by molar-refractivity contribution is 7.07. The Hall–Kier alpha value is -4.71. The number of nitrogens with one attached hydrogen (secondary N) is 3. The van der Waals surface area contributed by atoms with Crippen molar-refractivity contribution < 1.29 is 9.59 Å². The van der Waals surface area contributed by atoms with E-state index >= 15 is 0 Å². The normalized spacial score (nSPS) is 14.9. The van der Waals surface area contributed by atoms with Gasteiger partial charge in [0.1, 0.15) is 21.8 Å². The van der Waals surface area contributed by atoms with Gasteiger partial charge >= 0.3 is 0 Å². The van der Waals surface area contributed by atoms with Gasteiger partial charge in [0.15, 0.2) is 5.57 Å². The smallest absolute Gasteiger partial charge is 0.270 e. The Morgan fingerprint density at radius 2 is 1.81 bits per heavy atom. The first-order valence-electron chi connectivity index (χ1n) is 13.8. The van der Waals surface area contributed by atoms with Crippen molar-refractivity contribution in [1.82, 2.24) is 14.8 Å². The zero-order valence-corrected chi connectivity index (χ0v) is 24.2. The van der Waals surface area contributed by atoms with E-state index < -0.39 is 5.91 Å². The molecule has 1 aliphatic rings. The minimum Gasteiger partial charge on any atom is -0.360 e. The summed E-state index contributed by atoms with van der Waals surface area (Å²) < 4.78 is 1.88. The molecule has 11 heteroatoms. The predicted molar refractivity (Wildman–Crippen MR) is 164 cm³/mol. The highest BCUT2D eigenvalue weighted by atomic mass is 32.1. The number of carbonyl (C=O) groups excluding carboxylic acids is 2. The Balaban J connectivity index is 1.38. The van der Waals surface area contributed by atoms with Gasteiger partial charge in [0.05, 0.1) is 12.6 Å². The molecule has 1 aromatic heterocycles. The number of anilines is 2. The molecule has 0 atom stereocenters. The van der Waals surface area contributed by atoms with E-state index in [1.165, 1.54) is 16.3 Å². The Bertz CT molecular complexity index is 1670. The number of amides is 2. The van der Waals surface area contributed by atoms with Crippen molar-refractivity contribution in [2.75, 3.05) is 36.8 Å². The van der Waals surface area contributed by atoms with Gasteiger partial charge in [-0.15, -0.1) is 11.3 Å². The number of benzene rings is 2. The fourth-order valence-electron chi connectivity index (χ4n) is 4.93. The van der Waals surface area contributed by atoms with Gasteiger partial charge in [-0.05, 0) is 69.0 Å². The maximum absolute atomic E-state index is 12.9. The van der Waals surface area contributed by atoms with Crippen molar-refractivity contribution in [3.05, 3.63) is 79.7 Å². The average molecular weight is 584 g/mol. The highest BCUT2D eigenvalue weighted by Crippen LogP contribution is 2.22. The summed E-state index contributed by atoms with van der Waals surface area (Å²) in [6, 6.07) is 21.3. The Labute approximate surface area is 248 Å². The third kappa shape index (κ3) is 7.94. The molecule has 4 rings (SSSR count). The molecule has 0 spiro atoms. The van der Waals surface area contributed by atoms with E-state index in [1.54, 1.807) is 37.3 Å². The summed E-state index contributed by atoms with van der Waals surface area (Å²) in [6.45, 7) is 3.88. The Morgan fingerprint density at radius 1 is 1.07 bits per heavy atom. The molecular formula is C31H33N7O3S. The van der Waals surface area contributed by atoms with Crippen LogP contribution >= 0.6 is 11.3 Å². The minimum absolute atomic E-state index is 0.0828. The first kappa shape index (κ1) is 30.3. The number of aromatic nitrogens is 1. The van der Waals surface area contributed by atoms with Crippen molar-refractivity contribution in [1.29, 1.82) is 10.5 Å². The van der Waals surface area contributed by atoms with Crippen molar-refractivity contribution in [2.24, 2.45) is 5.92 Å². The van der Waals surface area contributed by atoms with E-state index in [0.717, 1.165) is 43.7 Å². The lowest BCUT2D eigenvalue weighted by Crippen LogP contribution is -2.39. The number of hydrogen-bond donors (Lipinski definition) is 3. The minimum atomic E-state index is -0.706. The molecule has 0 bridgehead atoms.